The highest BCUT2D eigenvalue weighted by molar-refractivity contribution is 8.18. The molecule has 7 heteroatoms. The summed E-state index contributed by atoms with van der Waals surface area (Å²) in [7, 11) is 0. The lowest BCUT2D eigenvalue weighted by molar-refractivity contribution is -0.123. The van der Waals surface area contributed by atoms with Crippen molar-refractivity contribution in [2.45, 2.75) is 33.7 Å². The first-order valence-electron chi connectivity index (χ1n) is 10.6. The van der Waals surface area contributed by atoms with E-state index in [1.807, 2.05) is 44.3 Å². The van der Waals surface area contributed by atoms with Crippen LogP contribution in [0.1, 0.15) is 37.5 Å². The number of rotatable bonds is 6. The van der Waals surface area contributed by atoms with Crippen molar-refractivity contribution >= 4 is 63.1 Å². The monoisotopic (exact) mass is 486 g/mol. The van der Waals surface area contributed by atoms with Crippen LogP contribution in [-0.4, -0.2) is 27.2 Å². The van der Waals surface area contributed by atoms with Gasteiger partial charge < -0.3 is 4.57 Å². The van der Waals surface area contributed by atoms with E-state index in [0.29, 0.717) is 28.0 Å². The molecule has 166 valence electrons. The fraction of sp³-hybridized carbons (Fsp3) is 0.280. The molecule has 0 saturated carbocycles. The lowest BCUT2D eigenvalue weighted by atomic mass is 10.1. The third-order valence-electron chi connectivity index (χ3n) is 5.44. The van der Waals surface area contributed by atoms with Crippen LogP contribution in [0, 0.1) is 5.92 Å². The molecule has 2 aromatic carbocycles. The number of benzene rings is 2. The molecule has 32 heavy (non-hydrogen) atoms. The van der Waals surface area contributed by atoms with Gasteiger partial charge in [0, 0.05) is 30.2 Å². The van der Waals surface area contributed by atoms with Gasteiger partial charge >= 0.3 is 0 Å². The Morgan fingerprint density at radius 3 is 2.56 bits per heavy atom. The van der Waals surface area contributed by atoms with E-state index in [4.69, 9.17) is 23.2 Å². The van der Waals surface area contributed by atoms with Crippen LogP contribution < -0.4 is 0 Å². The Balaban J connectivity index is 1.78. The number of nitrogens with zero attached hydrogens (tertiary/aromatic N) is 2. The number of hydrogen-bond acceptors (Lipinski definition) is 3. The molecule has 4 rings (SSSR count). The minimum atomic E-state index is -0.217. The smallest absolute Gasteiger partial charge is 0.293 e. The summed E-state index contributed by atoms with van der Waals surface area (Å²) in [6.45, 7) is 7.17. The predicted molar refractivity (Wildman–Crippen MR) is 134 cm³/mol. The predicted octanol–water partition coefficient (Wildman–Crippen LogP) is 7.25. The van der Waals surface area contributed by atoms with E-state index >= 15 is 0 Å². The molecular weight excluding hydrogens is 463 g/mol. The van der Waals surface area contributed by atoms with Crippen LogP contribution >= 0.6 is 35.0 Å². The summed E-state index contributed by atoms with van der Waals surface area (Å²) in [5.74, 6) is 0.00815. The van der Waals surface area contributed by atoms with Crippen molar-refractivity contribution in [2.24, 2.45) is 5.92 Å². The summed E-state index contributed by atoms with van der Waals surface area (Å²) >= 11 is 13.3. The Hall–Kier alpha value is -2.21. The van der Waals surface area contributed by atoms with Gasteiger partial charge in [-0.25, -0.2) is 0 Å². The van der Waals surface area contributed by atoms with Crippen LogP contribution in [0.3, 0.4) is 0 Å². The molecule has 2 heterocycles. The molecule has 0 unspecified atom stereocenters. The van der Waals surface area contributed by atoms with Gasteiger partial charge in [0.05, 0.1) is 20.5 Å². The van der Waals surface area contributed by atoms with Gasteiger partial charge in [0.2, 0.25) is 0 Å². The lowest BCUT2D eigenvalue weighted by Gasteiger charge is -2.14. The van der Waals surface area contributed by atoms with Crippen LogP contribution in [0.4, 0.5) is 4.79 Å². The van der Waals surface area contributed by atoms with Crippen LogP contribution in [0.5, 0.6) is 0 Å². The standard InChI is InChI=1S/C25H24Cl2N2O2S/c1-4-17-6-5-7-19-18(11-22-24(30)29(12-15(2)3)25(31)32-22)14-28(23(17)19)13-16-8-9-20(26)21(27)10-16/h5-11,14-15H,4,12-13H2,1-3H3/b22-11-. The van der Waals surface area contributed by atoms with E-state index in [1.54, 1.807) is 6.07 Å². The molecule has 0 spiro atoms. The van der Waals surface area contributed by atoms with E-state index in [0.717, 1.165) is 40.2 Å². The lowest BCUT2D eigenvalue weighted by Crippen LogP contribution is -2.31. The highest BCUT2D eigenvalue weighted by Gasteiger charge is 2.35. The van der Waals surface area contributed by atoms with Crippen molar-refractivity contribution in [3.05, 3.63) is 74.2 Å². The van der Waals surface area contributed by atoms with Crippen LogP contribution in [0.25, 0.3) is 17.0 Å². The third-order valence-corrected chi connectivity index (χ3v) is 7.08. The van der Waals surface area contributed by atoms with E-state index in [1.165, 1.54) is 10.5 Å². The van der Waals surface area contributed by atoms with Crippen molar-refractivity contribution in [1.29, 1.82) is 0 Å². The van der Waals surface area contributed by atoms with Crippen molar-refractivity contribution in [3.63, 3.8) is 0 Å². The highest BCUT2D eigenvalue weighted by atomic mass is 35.5. The minimum absolute atomic E-state index is 0.205. The maximum Gasteiger partial charge on any atom is 0.293 e. The maximum atomic E-state index is 12.9. The summed E-state index contributed by atoms with van der Waals surface area (Å²) in [5.41, 5.74) is 4.29. The van der Waals surface area contributed by atoms with Gasteiger partial charge in [0.15, 0.2) is 0 Å². The topological polar surface area (TPSA) is 42.3 Å². The van der Waals surface area contributed by atoms with Gasteiger partial charge in [-0.2, -0.15) is 0 Å². The largest absolute Gasteiger partial charge is 0.342 e. The highest BCUT2D eigenvalue weighted by Crippen LogP contribution is 2.35. The van der Waals surface area contributed by atoms with Crippen molar-refractivity contribution < 1.29 is 9.59 Å². The number of hydrogen-bond donors (Lipinski definition) is 0. The van der Waals surface area contributed by atoms with Gasteiger partial charge in [-0.1, -0.05) is 68.2 Å². The van der Waals surface area contributed by atoms with Crippen molar-refractivity contribution in [2.75, 3.05) is 6.54 Å². The number of amides is 2. The molecule has 3 aromatic rings. The second-order valence-corrected chi connectivity index (χ2v) is 10.1. The number of para-hydroxylation sites is 1. The summed E-state index contributed by atoms with van der Waals surface area (Å²) in [5, 5.41) is 1.90. The van der Waals surface area contributed by atoms with E-state index in [-0.39, 0.29) is 17.1 Å². The Morgan fingerprint density at radius 2 is 1.88 bits per heavy atom. The average molecular weight is 487 g/mol. The number of aryl methyl sites for hydroxylation is 1. The second-order valence-electron chi connectivity index (χ2n) is 8.31. The average Bonchev–Trinajstić information content (AvgIpc) is 3.22. The Morgan fingerprint density at radius 1 is 1.09 bits per heavy atom. The Labute approximate surface area is 202 Å². The molecule has 0 N–H and O–H groups in total. The number of halogens is 2. The zero-order valence-electron chi connectivity index (χ0n) is 18.2. The third kappa shape index (κ3) is 4.47. The normalized spacial score (nSPS) is 15.7. The molecule has 4 nitrogen and oxygen atoms in total. The minimum Gasteiger partial charge on any atom is -0.342 e. The Bertz CT molecular complexity index is 1250. The first-order valence-corrected chi connectivity index (χ1v) is 12.2. The zero-order valence-corrected chi connectivity index (χ0v) is 20.5. The fourth-order valence-corrected chi connectivity index (χ4v) is 5.15. The molecule has 1 aliphatic heterocycles. The summed E-state index contributed by atoms with van der Waals surface area (Å²) in [6.07, 6.45) is 4.77. The molecule has 1 saturated heterocycles. The molecule has 1 aliphatic rings. The van der Waals surface area contributed by atoms with E-state index in [2.05, 4.69) is 23.6 Å². The summed E-state index contributed by atoms with van der Waals surface area (Å²) in [6, 6.07) is 11.9. The molecule has 2 amide bonds. The van der Waals surface area contributed by atoms with Crippen LogP contribution in [0.15, 0.2) is 47.5 Å². The molecule has 0 radical (unpaired) electrons. The summed E-state index contributed by atoms with van der Waals surface area (Å²) < 4.78 is 2.18. The first kappa shape index (κ1) is 23.0. The molecule has 0 aliphatic carbocycles. The molecule has 1 fully saturated rings. The van der Waals surface area contributed by atoms with Crippen molar-refractivity contribution in [1.82, 2.24) is 9.47 Å². The van der Waals surface area contributed by atoms with Gasteiger partial charge in [-0.3, -0.25) is 14.5 Å². The number of carbonyl (C=O) groups excluding carboxylic acids is 2. The van der Waals surface area contributed by atoms with E-state index < -0.39 is 0 Å². The van der Waals surface area contributed by atoms with Gasteiger partial charge in [0.25, 0.3) is 11.1 Å². The SMILES string of the molecule is CCc1cccc2c(/C=C3\SC(=O)N(CC(C)C)C3=O)cn(Cc3ccc(Cl)c(Cl)c3)c12. The number of aromatic nitrogens is 1. The number of thioether (sulfide) groups is 1. The van der Waals surface area contributed by atoms with Crippen molar-refractivity contribution in [3.8, 4) is 0 Å². The van der Waals surface area contributed by atoms with Gasteiger partial charge in [0.1, 0.15) is 0 Å². The quantitative estimate of drug-likeness (QED) is 0.344. The maximum absolute atomic E-state index is 12.9. The molecular formula is C25H24Cl2N2O2S. The van der Waals surface area contributed by atoms with Gasteiger partial charge in [-0.15, -0.1) is 0 Å². The van der Waals surface area contributed by atoms with Crippen LogP contribution in [-0.2, 0) is 17.8 Å². The first-order chi connectivity index (χ1) is 15.3. The van der Waals surface area contributed by atoms with Crippen LogP contribution in [0.2, 0.25) is 10.0 Å². The van der Waals surface area contributed by atoms with E-state index in [9.17, 15) is 9.59 Å². The Kier molecular flexibility index (Phi) is 6.70. The summed E-state index contributed by atoms with van der Waals surface area (Å²) in [4.78, 5) is 27.1. The number of carbonyl (C=O) groups is 2. The molecule has 0 bridgehead atoms. The second kappa shape index (κ2) is 9.34. The fourth-order valence-electron chi connectivity index (χ4n) is 3.99. The van der Waals surface area contributed by atoms with Gasteiger partial charge in [-0.05, 0) is 53.4 Å². The molecule has 1 aromatic heterocycles. The number of fused-ring (bicyclic) bond motifs is 1. The zero-order chi connectivity index (χ0) is 23.0. The molecule has 0 atom stereocenters. The number of imide groups is 1.